The van der Waals surface area contributed by atoms with Crippen molar-refractivity contribution in [1.82, 2.24) is 0 Å². The fourth-order valence-electron chi connectivity index (χ4n) is 2.18. The summed E-state index contributed by atoms with van der Waals surface area (Å²) in [6, 6.07) is 13.0. The van der Waals surface area contributed by atoms with E-state index >= 15 is 0 Å². The number of hydrogen-bond donors (Lipinski definition) is 2. The largest absolute Gasteiger partial charge is 0.478 e. The van der Waals surface area contributed by atoms with E-state index in [1.165, 1.54) is 6.07 Å². The van der Waals surface area contributed by atoms with Crippen LogP contribution in [0.15, 0.2) is 46.9 Å². The van der Waals surface area contributed by atoms with Crippen molar-refractivity contribution >= 4 is 33.5 Å². The monoisotopic (exact) mass is 361 g/mol. The van der Waals surface area contributed by atoms with Crippen LogP contribution in [0.2, 0.25) is 0 Å². The van der Waals surface area contributed by atoms with Gasteiger partial charge in [0.2, 0.25) is 5.91 Å². The van der Waals surface area contributed by atoms with Crippen LogP contribution in [0.5, 0.6) is 0 Å². The van der Waals surface area contributed by atoms with Crippen LogP contribution in [0.3, 0.4) is 0 Å². The van der Waals surface area contributed by atoms with Crippen molar-refractivity contribution in [2.75, 3.05) is 5.32 Å². The molecule has 0 heterocycles. The third-order valence-corrected chi connectivity index (χ3v) is 3.74. The van der Waals surface area contributed by atoms with E-state index in [2.05, 4.69) is 21.2 Å². The SMILES string of the molecule is Cc1cc(Br)cc(C(=O)O)c1NC(=O)CCc1ccccc1. The van der Waals surface area contributed by atoms with Crippen molar-refractivity contribution in [3.63, 3.8) is 0 Å². The molecule has 0 aliphatic heterocycles. The van der Waals surface area contributed by atoms with E-state index in [0.29, 0.717) is 28.6 Å². The van der Waals surface area contributed by atoms with Gasteiger partial charge >= 0.3 is 5.97 Å². The molecule has 0 saturated carbocycles. The van der Waals surface area contributed by atoms with Crippen LogP contribution in [0, 0.1) is 6.92 Å². The van der Waals surface area contributed by atoms with Crippen LogP contribution in [-0.2, 0) is 11.2 Å². The summed E-state index contributed by atoms with van der Waals surface area (Å²) in [5, 5.41) is 12.0. The third kappa shape index (κ3) is 4.18. The van der Waals surface area contributed by atoms with Gasteiger partial charge < -0.3 is 10.4 Å². The molecule has 22 heavy (non-hydrogen) atoms. The van der Waals surface area contributed by atoms with Crippen LogP contribution in [0.4, 0.5) is 5.69 Å². The summed E-state index contributed by atoms with van der Waals surface area (Å²) in [6.07, 6.45) is 0.920. The van der Waals surface area contributed by atoms with E-state index < -0.39 is 5.97 Å². The Kier molecular flexibility index (Phi) is 5.33. The van der Waals surface area contributed by atoms with Gasteiger partial charge in [-0.05, 0) is 36.6 Å². The van der Waals surface area contributed by atoms with Crippen molar-refractivity contribution in [1.29, 1.82) is 0 Å². The Morgan fingerprint density at radius 3 is 2.50 bits per heavy atom. The molecular formula is C17H16BrNO3. The van der Waals surface area contributed by atoms with Crippen LogP contribution < -0.4 is 5.32 Å². The van der Waals surface area contributed by atoms with Gasteiger partial charge in [0.1, 0.15) is 0 Å². The number of carboxylic acid groups (broad SMARTS) is 1. The van der Waals surface area contributed by atoms with E-state index in [1.807, 2.05) is 30.3 Å². The highest BCUT2D eigenvalue weighted by Crippen LogP contribution is 2.26. The summed E-state index contributed by atoms with van der Waals surface area (Å²) < 4.78 is 0.671. The molecule has 0 fully saturated rings. The maximum atomic E-state index is 12.1. The predicted molar refractivity (Wildman–Crippen MR) is 89.2 cm³/mol. The van der Waals surface area contributed by atoms with Crippen LogP contribution in [0.1, 0.15) is 27.9 Å². The number of halogens is 1. The first-order chi connectivity index (χ1) is 10.5. The molecule has 0 spiro atoms. The summed E-state index contributed by atoms with van der Waals surface area (Å²) in [7, 11) is 0. The van der Waals surface area contributed by atoms with Gasteiger partial charge in [0.15, 0.2) is 0 Å². The quantitative estimate of drug-likeness (QED) is 0.844. The number of anilines is 1. The van der Waals surface area contributed by atoms with Gasteiger partial charge in [0, 0.05) is 10.9 Å². The lowest BCUT2D eigenvalue weighted by atomic mass is 10.1. The molecule has 0 atom stereocenters. The maximum absolute atomic E-state index is 12.1. The number of nitrogens with one attached hydrogen (secondary N) is 1. The number of carbonyl (C=O) groups excluding carboxylic acids is 1. The number of benzene rings is 2. The third-order valence-electron chi connectivity index (χ3n) is 3.28. The smallest absolute Gasteiger partial charge is 0.337 e. The molecule has 0 unspecified atom stereocenters. The molecule has 4 nitrogen and oxygen atoms in total. The zero-order valence-corrected chi connectivity index (χ0v) is 13.7. The summed E-state index contributed by atoms with van der Waals surface area (Å²) in [6.45, 7) is 1.77. The number of aromatic carboxylic acids is 1. The minimum absolute atomic E-state index is 0.0833. The molecule has 114 valence electrons. The van der Waals surface area contributed by atoms with Gasteiger partial charge in [-0.3, -0.25) is 4.79 Å². The molecule has 0 aromatic heterocycles. The Hall–Kier alpha value is -2.14. The lowest BCUT2D eigenvalue weighted by molar-refractivity contribution is -0.116. The van der Waals surface area contributed by atoms with E-state index in [0.717, 1.165) is 5.56 Å². The number of carbonyl (C=O) groups is 2. The van der Waals surface area contributed by atoms with Gasteiger partial charge in [0.05, 0.1) is 11.3 Å². The van der Waals surface area contributed by atoms with Crippen molar-refractivity contribution in [2.24, 2.45) is 0 Å². The molecule has 5 heteroatoms. The standard InChI is InChI=1S/C17H16BrNO3/c1-11-9-13(18)10-14(17(21)22)16(11)19-15(20)8-7-12-5-3-2-4-6-12/h2-6,9-10H,7-8H2,1H3,(H,19,20)(H,21,22). The average Bonchev–Trinajstić information content (AvgIpc) is 2.48. The molecule has 0 bridgehead atoms. The number of aryl methyl sites for hydroxylation is 2. The first-order valence-electron chi connectivity index (χ1n) is 6.84. The summed E-state index contributed by atoms with van der Waals surface area (Å²) in [4.78, 5) is 23.4. The van der Waals surface area contributed by atoms with Gasteiger partial charge in [-0.1, -0.05) is 46.3 Å². The molecule has 1 amide bonds. The number of rotatable bonds is 5. The second kappa shape index (κ2) is 7.22. The van der Waals surface area contributed by atoms with Crippen molar-refractivity contribution in [3.05, 3.63) is 63.6 Å². The summed E-state index contributed by atoms with van der Waals surface area (Å²) in [5.41, 5.74) is 2.22. The summed E-state index contributed by atoms with van der Waals surface area (Å²) >= 11 is 3.27. The first kappa shape index (κ1) is 16.2. The van der Waals surface area contributed by atoms with Gasteiger partial charge in [-0.25, -0.2) is 4.79 Å². The van der Waals surface area contributed by atoms with Gasteiger partial charge in [-0.2, -0.15) is 0 Å². The van der Waals surface area contributed by atoms with E-state index in [-0.39, 0.29) is 11.5 Å². The molecule has 0 saturated heterocycles. The highest BCUT2D eigenvalue weighted by Gasteiger charge is 2.16. The highest BCUT2D eigenvalue weighted by atomic mass is 79.9. The molecule has 0 radical (unpaired) electrons. The molecule has 2 rings (SSSR count). The van der Waals surface area contributed by atoms with Crippen LogP contribution in [0.25, 0.3) is 0 Å². The van der Waals surface area contributed by atoms with E-state index in [4.69, 9.17) is 0 Å². The minimum Gasteiger partial charge on any atom is -0.478 e. The lowest BCUT2D eigenvalue weighted by Crippen LogP contribution is -2.16. The zero-order chi connectivity index (χ0) is 16.1. The number of hydrogen-bond acceptors (Lipinski definition) is 2. The Morgan fingerprint density at radius 1 is 1.18 bits per heavy atom. The predicted octanol–water partition coefficient (Wildman–Crippen LogP) is 4.03. The lowest BCUT2D eigenvalue weighted by Gasteiger charge is -2.12. The molecule has 2 aromatic rings. The summed E-state index contributed by atoms with van der Waals surface area (Å²) in [5.74, 6) is -1.26. The Balaban J connectivity index is 2.10. The van der Waals surface area contributed by atoms with Gasteiger partial charge in [-0.15, -0.1) is 0 Å². The Labute approximate surface area is 137 Å². The van der Waals surface area contributed by atoms with Crippen LogP contribution in [-0.4, -0.2) is 17.0 Å². The Morgan fingerprint density at radius 2 is 1.86 bits per heavy atom. The molecule has 2 aromatic carbocycles. The molecule has 0 aliphatic rings. The molecule has 0 aliphatic carbocycles. The number of amides is 1. The normalized spacial score (nSPS) is 10.3. The number of carboxylic acids is 1. The van der Waals surface area contributed by atoms with E-state index in [1.54, 1.807) is 13.0 Å². The fraction of sp³-hybridized carbons (Fsp3) is 0.176. The average molecular weight is 362 g/mol. The van der Waals surface area contributed by atoms with Crippen molar-refractivity contribution < 1.29 is 14.7 Å². The van der Waals surface area contributed by atoms with Crippen molar-refractivity contribution in [2.45, 2.75) is 19.8 Å². The second-order valence-corrected chi connectivity index (χ2v) is 5.90. The highest BCUT2D eigenvalue weighted by molar-refractivity contribution is 9.10. The fourth-order valence-corrected chi connectivity index (χ4v) is 2.75. The topological polar surface area (TPSA) is 66.4 Å². The zero-order valence-electron chi connectivity index (χ0n) is 12.1. The molecule has 2 N–H and O–H groups in total. The van der Waals surface area contributed by atoms with Crippen LogP contribution >= 0.6 is 15.9 Å². The first-order valence-corrected chi connectivity index (χ1v) is 7.64. The maximum Gasteiger partial charge on any atom is 0.337 e. The minimum atomic E-state index is -1.07. The van der Waals surface area contributed by atoms with Gasteiger partial charge in [0.25, 0.3) is 0 Å². The second-order valence-electron chi connectivity index (χ2n) is 4.98. The molecular weight excluding hydrogens is 346 g/mol. The van der Waals surface area contributed by atoms with E-state index in [9.17, 15) is 14.7 Å². The van der Waals surface area contributed by atoms with Crippen molar-refractivity contribution in [3.8, 4) is 0 Å². The Bertz CT molecular complexity index is 699.